The summed E-state index contributed by atoms with van der Waals surface area (Å²) in [6, 6.07) is 0. The van der Waals surface area contributed by atoms with Crippen LogP contribution in [-0.4, -0.2) is 6.29 Å². The number of carbonyl (C=O) groups excluding carboxylic acids is 1. The Bertz CT molecular complexity index is 180. The van der Waals surface area contributed by atoms with Gasteiger partial charge in [-0.05, 0) is 25.7 Å². The monoisotopic (exact) mass is 208 g/mol. The highest BCUT2D eigenvalue weighted by atomic mass is 16.1. The quantitative estimate of drug-likeness (QED) is 0.295. The number of aldehydes is 1. The van der Waals surface area contributed by atoms with Crippen molar-refractivity contribution in [2.45, 2.75) is 58.3 Å². The molecule has 0 aliphatic carbocycles. The number of unbranched alkanes of at least 4 members (excludes halogenated alkanes) is 6. The topological polar surface area (TPSA) is 17.1 Å². The molecular weight excluding hydrogens is 184 g/mol. The number of rotatable bonds is 10. The third-order valence-electron chi connectivity index (χ3n) is 2.31. The van der Waals surface area contributed by atoms with Crippen LogP contribution in [0.3, 0.4) is 0 Å². The van der Waals surface area contributed by atoms with Crippen molar-refractivity contribution in [3.8, 4) is 0 Å². The molecule has 0 radical (unpaired) electrons. The Balaban J connectivity index is 3.07. The molecule has 0 aromatic heterocycles. The summed E-state index contributed by atoms with van der Waals surface area (Å²) in [5.74, 6) is 0. The minimum atomic E-state index is 0.738. The van der Waals surface area contributed by atoms with Crippen molar-refractivity contribution >= 4 is 6.29 Å². The fourth-order valence-electron chi connectivity index (χ4n) is 1.41. The van der Waals surface area contributed by atoms with Gasteiger partial charge in [-0.1, -0.05) is 50.5 Å². The highest BCUT2D eigenvalue weighted by Gasteiger charge is 1.88. The average molecular weight is 208 g/mol. The van der Waals surface area contributed by atoms with E-state index in [1.54, 1.807) is 0 Å². The average Bonchev–Trinajstić information content (AvgIpc) is 2.26. The standard InChI is InChI=1S/C14H24O/c1-2-3-4-5-6-7-8-9-10-11-12-13-14-15/h3-6,14H,2,7-13H2,1H3/b4-3?,6-5+. The molecule has 0 amide bonds. The summed E-state index contributed by atoms with van der Waals surface area (Å²) >= 11 is 0. The molecule has 0 saturated heterocycles. The highest BCUT2D eigenvalue weighted by Crippen LogP contribution is 2.06. The van der Waals surface area contributed by atoms with Crippen LogP contribution in [0.25, 0.3) is 0 Å². The van der Waals surface area contributed by atoms with Crippen LogP contribution in [0.2, 0.25) is 0 Å². The van der Waals surface area contributed by atoms with E-state index in [0.717, 1.165) is 25.5 Å². The first-order valence-corrected chi connectivity index (χ1v) is 6.17. The molecular formula is C14H24O. The summed E-state index contributed by atoms with van der Waals surface area (Å²) in [6.07, 6.45) is 18.8. The molecule has 15 heavy (non-hydrogen) atoms. The number of allylic oxidation sites excluding steroid dienone is 4. The third kappa shape index (κ3) is 13.2. The third-order valence-corrected chi connectivity index (χ3v) is 2.31. The van der Waals surface area contributed by atoms with Crippen molar-refractivity contribution in [3.05, 3.63) is 24.3 Å². The largest absolute Gasteiger partial charge is 0.303 e. The second-order valence-corrected chi connectivity index (χ2v) is 3.78. The van der Waals surface area contributed by atoms with Gasteiger partial charge < -0.3 is 4.79 Å². The highest BCUT2D eigenvalue weighted by molar-refractivity contribution is 5.48. The van der Waals surface area contributed by atoms with Gasteiger partial charge in [0.2, 0.25) is 0 Å². The molecule has 0 aliphatic rings. The lowest BCUT2D eigenvalue weighted by Gasteiger charge is -1.96. The van der Waals surface area contributed by atoms with Crippen LogP contribution >= 0.6 is 0 Å². The second-order valence-electron chi connectivity index (χ2n) is 3.78. The Hall–Kier alpha value is -0.850. The lowest BCUT2D eigenvalue weighted by molar-refractivity contribution is -0.107. The normalized spacial score (nSPS) is 11.5. The first-order chi connectivity index (χ1) is 7.41. The van der Waals surface area contributed by atoms with Crippen LogP contribution < -0.4 is 0 Å². The number of carbonyl (C=O) groups is 1. The van der Waals surface area contributed by atoms with Gasteiger partial charge in [-0.15, -0.1) is 0 Å². The predicted octanol–water partition coefficient (Wildman–Crippen LogP) is 4.44. The van der Waals surface area contributed by atoms with E-state index in [-0.39, 0.29) is 0 Å². The zero-order valence-corrected chi connectivity index (χ0v) is 9.95. The molecule has 0 bridgehead atoms. The Kier molecular flexibility index (Phi) is 12.4. The van der Waals surface area contributed by atoms with Crippen LogP contribution in [0.1, 0.15) is 58.3 Å². The molecule has 0 heterocycles. The Morgan fingerprint density at radius 3 is 2.07 bits per heavy atom. The molecule has 0 fully saturated rings. The van der Waals surface area contributed by atoms with Gasteiger partial charge in [0.1, 0.15) is 6.29 Å². The molecule has 0 unspecified atom stereocenters. The lowest BCUT2D eigenvalue weighted by atomic mass is 10.1. The van der Waals surface area contributed by atoms with Gasteiger partial charge in [0, 0.05) is 6.42 Å². The molecule has 0 aromatic carbocycles. The van der Waals surface area contributed by atoms with Gasteiger partial charge in [0.05, 0.1) is 0 Å². The maximum absolute atomic E-state index is 10.0. The molecule has 86 valence electrons. The van der Waals surface area contributed by atoms with Crippen LogP contribution in [-0.2, 0) is 4.79 Å². The summed E-state index contributed by atoms with van der Waals surface area (Å²) in [7, 11) is 0. The van der Waals surface area contributed by atoms with E-state index in [2.05, 4.69) is 31.2 Å². The first-order valence-electron chi connectivity index (χ1n) is 6.17. The van der Waals surface area contributed by atoms with Gasteiger partial charge >= 0.3 is 0 Å². The summed E-state index contributed by atoms with van der Waals surface area (Å²) in [6.45, 7) is 2.14. The SMILES string of the molecule is CCC=C/C=C/CCCCCCCC=O. The summed E-state index contributed by atoms with van der Waals surface area (Å²) in [5.41, 5.74) is 0. The molecule has 1 heteroatoms. The fraction of sp³-hybridized carbons (Fsp3) is 0.643. The van der Waals surface area contributed by atoms with E-state index in [1.807, 2.05) is 0 Å². The van der Waals surface area contributed by atoms with Crippen molar-refractivity contribution in [1.82, 2.24) is 0 Å². The summed E-state index contributed by atoms with van der Waals surface area (Å²) in [5, 5.41) is 0. The molecule has 0 atom stereocenters. The van der Waals surface area contributed by atoms with E-state index in [4.69, 9.17) is 0 Å². The van der Waals surface area contributed by atoms with Gasteiger partial charge in [-0.3, -0.25) is 0 Å². The van der Waals surface area contributed by atoms with E-state index in [9.17, 15) is 4.79 Å². The van der Waals surface area contributed by atoms with Crippen LogP contribution in [0, 0.1) is 0 Å². The first kappa shape index (κ1) is 14.2. The number of hydrogen-bond donors (Lipinski definition) is 0. The molecule has 0 rings (SSSR count). The molecule has 0 aliphatic heterocycles. The van der Waals surface area contributed by atoms with E-state index in [1.165, 1.54) is 32.1 Å². The second kappa shape index (κ2) is 13.2. The fourth-order valence-corrected chi connectivity index (χ4v) is 1.41. The van der Waals surface area contributed by atoms with Crippen LogP contribution in [0.5, 0.6) is 0 Å². The molecule has 0 N–H and O–H groups in total. The molecule has 1 nitrogen and oxygen atoms in total. The Morgan fingerprint density at radius 2 is 1.40 bits per heavy atom. The zero-order chi connectivity index (χ0) is 11.2. The smallest absolute Gasteiger partial charge is 0.119 e. The van der Waals surface area contributed by atoms with E-state index >= 15 is 0 Å². The van der Waals surface area contributed by atoms with Crippen molar-refractivity contribution in [1.29, 1.82) is 0 Å². The Labute approximate surface area is 94.3 Å². The van der Waals surface area contributed by atoms with Crippen molar-refractivity contribution in [3.63, 3.8) is 0 Å². The van der Waals surface area contributed by atoms with Crippen LogP contribution in [0.4, 0.5) is 0 Å². The molecule has 0 saturated carbocycles. The minimum Gasteiger partial charge on any atom is -0.303 e. The van der Waals surface area contributed by atoms with E-state index in [0.29, 0.717) is 0 Å². The summed E-state index contributed by atoms with van der Waals surface area (Å²) < 4.78 is 0. The van der Waals surface area contributed by atoms with Gasteiger partial charge in [-0.2, -0.15) is 0 Å². The zero-order valence-electron chi connectivity index (χ0n) is 9.95. The molecule has 0 spiro atoms. The van der Waals surface area contributed by atoms with E-state index < -0.39 is 0 Å². The van der Waals surface area contributed by atoms with Crippen molar-refractivity contribution < 1.29 is 4.79 Å². The summed E-state index contributed by atoms with van der Waals surface area (Å²) in [4.78, 5) is 10.0. The van der Waals surface area contributed by atoms with Crippen molar-refractivity contribution in [2.24, 2.45) is 0 Å². The Morgan fingerprint density at radius 1 is 0.800 bits per heavy atom. The van der Waals surface area contributed by atoms with Crippen molar-refractivity contribution in [2.75, 3.05) is 0 Å². The van der Waals surface area contributed by atoms with Gasteiger partial charge in [0.15, 0.2) is 0 Å². The maximum Gasteiger partial charge on any atom is 0.119 e. The van der Waals surface area contributed by atoms with Gasteiger partial charge in [0.25, 0.3) is 0 Å². The van der Waals surface area contributed by atoms with Crippen LogP contribution in [0.15, 0.2) is 24.3 Å². The molecule has 0 aromatic rings. The predicted molar refractivity (Wildman–Crippen MR) is 67.0 cm³/mol. The maximum atomic E-state index is 10.0. The number of hydrogen-bond acceptors (Lipinski definition) is 1. The minimum absolute atomic E-state index is 0.738. The lowest BCUT2D eigenvalue weighted by Crippen LogP contribution is -1.79. The van der Waals surface area contributed by atoms with Gasteiger partial charge in [-0.25, -0.2) is 0 Å².